The highest BCUT2D eigenvalue weighted by atomic mass is 28.4. The Kier molecular flexibility index (Phi) is 5.52. The Labute approximate surface area is 166 Å². The van der Waals surface area contributed by atoms with Crippen LogP contribution in [0, 0.1) is 0 Å². The maximum Gasteiger partial charge on any atom is 0.250 e. The molecule has 1 unspecified atom stereocenters. The van der Waals surface area contributed by atoms with Gasteiger partial charge in [0.1, 0.15) is 5.75 Å². The van der Waals surface area contributed by atoms with Gasteiger partial charge in [-0.3, -0.25) is 4.90 Å². The number of hydrogen-bond donors (Lipinski definition) is 1. The summed E-state index contributed by atoms with van der Waals surface area (Å²) in [6.07, 6.45) is 2.29. The van der Waals surface area contributed by atoms with Gasteiger partial charge in [-0.1, -0.05) is 34.6 Å². The van der Waals surface area contributed by atoms with Crippen molar-refractivity contribution in [2.75, 3.05) is 13.1 Å². The molecule has 2 aromatic rings. The lowest BCUT2D eigenvalue weighted by molar-refractivity contribution is 0.199. The summed E-state index contributed by atoms with van der Waals surface area (Å²) in [6.45, 7) is 20.8. The van der Waals surface area contributed by atoms with Crippen LogP contribution in [0.15, 0.2) is 18.2 Å². The molecule has 0 amide bonds. The Hall–Kier alpha value is -1.26. The molecule has 27 heavy (non-hydrogen) atoms. The van der Waals surface area contributed by atoms with Gasteiger partial charge in [0.05, 0.1) is 0 Å². The van der Waals surface area contributed by atoms with Gasteiger partial charge in [0, 0.05) is 35.1 Å². The fraction of sp³-hybridized carbons (Fsp3) is 0.652. The van der Waals surface area contributed by atoms with E-state index in [0.717, 1.165) is 25.3 Å². The monoisotopic (exact) mass is 386 g/mol. The second-order valence-electron chi connectivity index (χ2n) is 9.72. The molecule has 1 aromatic heterocycles. The number of benzene rings is 1. The Bertz CT molecular complexity index is 803. The molecule has 0 saturated heterocycles. The lowest BCUT2D eigenvalue weighted by Gasteiger charge is -2.36. The largest absolute Gasteiger partial charge is 0.543 e. The highest BCUT2D eigenvalue weighted by molar-refractivity contribution is 6.74. The molecule has 4 heteroatoms. The molecule has 3 nitrogen and oxygen atoms in total. The summed E-state index contributed by atoms with van der Waals surface area (Å²) in [5.41, 5.74) is 4.24. The van der Waals surface area contributed by atoms with Crippen molar-refractivity contribution in [3.63, 3.8) is 0 Å². The molecule has 2 heterocycles. The predicted molar refractivity (Wildman–Crippen MR) is 120 cm³/mol. The highest BCUT2D eigenvalue weighted by Gasteiger charge is 2.39. The average Bonchev–Trinajstić information content (AvgIpc) is 2.86. The zero-order valence-corrected chi connectivity index (χ0v) is 19.6. The minimum absolute atomic E-state index is 0.210. The van der Waals surface area contributed by atoms with Crippen molar-refractivity contribution in [1.82, 2.24) is 9.88 Å². The van der Waals surface area contributed by atoms with E-state index in [0.29, 0.717) is 12.0 Å². The molecule has 0 aliphatic carbocycles. The summed E-state index contributed by atoms with van der Waals surface area (Å²) in [5, 5.41) is 1.58. The summed E-state index contributed by atoms with van der Waals surface area (Å²) in [6, 6.07) is 7.25. The van der Waals surface area contributed by atoms with Gasteiger partial charge < -0.3 is 9.41 Å². The molecule has 0 bridgehead atoms. The quantitative estimate of drug-likeness (QED) is 0.623. The summed E-state index contributed by atoms with van der Waals surface area (Å²) in [7, 11) is -1.82. The zero-order valence-electron chi connectivity index (χ0n) is 18.6. The number of nitrogens with one attached hydrogen (secondary N) is 1. The maximum atomic E-state index is 6.60. The summed E-state index contributed by atoms with van der Waals surface area (Å²) in [4.78, 5) is 6.41. The van der Waals surface area contributed by atoms with Gasteiger partial charge in [-0.15, -0.1) is 0 Å². The Balaban J connectivity index is 2.03. The number of fused-ring (bicyclic) bond motifs is 3. The molecule has 3 rings (SSSR count). The number of aromatic amines is 1. The SMILES string of the molecule is CC[C@H]1c2[nH]c3ccc(O[Si](C)(C)C(C)(C)C)cc3c2CCN(CC)C1C. The third-order valence-electron chi connectivity index (χ3n) is 7.11. The number of nitrogens with zero attached hydrogens (tertiary/aromatic N) is 1. The van der Waals surface area contributed by atoms with Gasteiger partial charge in [0.25, 0.3) is 0 Å². The predicted octanol–water partition coefficient (Wildman–Crippen LogP) is 6.31. The second kappa shape index (κ2) is 7.29. The Morgan fingerprint density at radius 3 is 2.52 bits per heavy atom. The van der Waals surface area contributed by atoms with Crippen molar-refractivity contribution < 1.29 is 4.43 Å². The lowest BCUT2D eigenvalue weighted by Crippen LogP contribution is -2.43. The van der Waals surface area contributed by atoms with E-state index in [1.165, 1.54) is 28.6 Å². The van der Waals surface area contributed by atoms with Crippen molar-refractivity contribution in [1.29, 1.82) is 0 Å². The minimum atomic E-state index is -1.82. The summed E-state index contributed by atoms with van der Waals surface area (Å²) in [5.74, 6) is 1.60. The Morgan fingerprint density at radius 1 is 1.22 bits per heavy atom. The van der Waals surface area contributed by atoms with E-state index in [1.54, 1.807) is 0 Å². The van der Waals surface area contributed by atoms with Crippen LogP contribution in [0.1, 0.15) is 65.1 Å². The molecule has 150 valence electrons. The van der Waals surface area contributed by atoms with Crippen LogP contribution in [0.25, 0.3) is 10.9 Å². The highest BCUT2D eigenvalue weighted by Crippen LogP contribution is 2.40. The van der Waals surface area contributed by atoms with Crippen LogP contribution in [0.3, 0.4) is 0 Å². The number of aromatic nitrogens is 1. The molecular weight excluding hydrogens is 348 g/mol. The molecule has 0 fully saturated rings. The van der Waals surface area contributed by atoms with E-state index in [1.807, 2.05) is 0 Å². The number of H-pyrrole nitrogens is 1. The third kappa shape index (κ3) is 3.71. The molecule has 1 aliphatic heterocycles. The first kappa shape index (κ1) is 20.5. The average molecular weight is 387 g/mol. The Morgan fingerprint density at radius 2 is 1.93 bits per heavy atom. The van der Waals surface area contributed by atoms with E-state index >= 15 is 0 Å². The molecule has 0 saturated carbocycles. The molecule has 0 radical (unpaired) electrons. The fourth-order valence-electron chi connectivity index (χ4n) is 4.29. The van der Waals surface area contributed by atoms with Crippen LogP contribution >= 0.6 is 0 Å². The zero-order chi connectivity index (χ0) is 20.0. The fourth-order valence-corrected chi connectivity index (χ4v) is 5.31. The van der Waals surface area contributed by atoms with Crippen LogP contribution in [-0.4, -0.2) is 37.3 Å². The van der Waals surface area contributed by atoms with Crippen molar-refractivity contribution in [2.45, 2.75) is 84.5 Å². The second-order valence-corrected chi connectivity index (χ2v) is 14.4. The molecule has 1 aliphatic rings. The van der Waals surface area contributed by atoms with Gasteiger partial charge in [-0.25, -0.2) is 0 Å². The van der Waals surface area contributed by atoms with Crippen molar-refractivity contribution in [2.24, 2.45) is 0 Å². The first-order valence-corrected chi connectivity index (χ1v) is 13.6. The number of rotatable bonds is 4. The lowest BCUT2D eigenvalue weighted by atomic mass is 9.92. The van der Waals surface area contributed by atoms with E-state index in [9.17, 15) is 0 Å². The topological polar surface area (TPSA) is 28.3 Å². The molecular formula is C23H38N2OSi. The summed E-state index contributed by atoms with van der Waals surface area (Å²) >= 11 is 0. The molecule has 0 spiro atoms. The van der Waals surface area contributed by atoms with Gasteiger partial charge in [0.15, 0.2) is 0 Å². The van der Waals surface area contributed by atoms with Crippen LogP contribution in [0.2, 0.25) is 18.1 Å². The number of hydrogen-bond acceptors (Lipinski definition) is 2. The number of likely N-dealkylation sites (N-methyl/N-ethyl adjacent to an activating group) is 1. The van der Waals surface area contributed by atoms with Gasteiger partial charge in [-0.05, 0) is 68.2 Å². The van der Waals surface area contributed by atoms with E-state index in [-0.39, 0.29) is 5.04 Å². The molecule has 2 atom stereocenters. The van der Waals surface area contributed by atoms with E-state index in [4.69, 9.17) is 4.43 Å². The van der Waals surface area contributed by atoms with Gasteiger partial charge in [-0.2, -0.15) is 0 Å². The van der Waals surface area contributed by atoms with Crippen molar-refractivity contribution in [3.05, 3.63) is 29.5 Å². The van der Waals surface area contributed by atoms with Crippen molar-refractivity contribution >= 4 is 19.2 Å². The minimum Gasteiger partial charge on any atom is -0.543 e. The van der Waals surface area contributed by atoms with Gasteiger partial charge in [0.2, 0.25) is 8.32 Å². The maximum absolute atomic E-state index is 6.60. The summed E-state index contributed by atoms with van der Waals surface area (Å²) < 4.78 is 6.60. The van der Waals surface area contributed by atoms with E-state index in [2.05, 4.69) is 82.7 Å². The smallest absolute Gasteiger partial charge is 0.250 e. The van der Waals surface area contributed by atoms with Crippen LogP contribution in [-0.2, 0) is 6.42 Å². The van der Waals surface area contributed by atoms with Gasteiger partial charge >= 0.3 is 0 Å². The van der Waals surface area contributed by atoms with Crippen LogP contribution in [0.4, 0.5) is 0 Å². The van der Waals surface area contributed by atoms with Crippen LogP contribution in [0.5, 0.6) is 5.75 Å². The molecule has 1 aromatic carbocycles. The third-order valence-corrected chi connectivity index (χ3v) is 11.5. The van der Waals surface area contributed by atoms with Crippen molar-refractivity contribution in [3.8, 4) is 5.75 Å². The molecule has 1 N–H and O–H groups in total. The normalized spacial score (nSPS) is 21.9. The first-order valence-electron chi connectivity index (χ1n) is 10.7. The first-order chi connectivity index (χ1) is 12.6. The van der Waals surface area contributed by atoms with E-state index < -0.39 is 8.32 Å². The van der Waals surface area contributed by atoms with Crippen LogP contribution < -0.4 is 4.43 Å². The standard InChI is InChI=1S/C23H38N2OSi/c1-9-18-16(3)25(10-2)14-13-19-20-15-17(11-12-21(20)24-22(18)19)26-27(7,8)23(4,5)6/h11-12,15-16,18,24H,9-10,13-14H2,1-8H3/t16?,18-/m1/s1.